The number of rotatable bonds is 5. The molecule has 0 unspecified atom stereocenters. The van der Waals surface area contributed by atoms with Gasteiger partial charge in [0, 0.05) is 12.0 Å². The third-order valence-corrected chi connectivity index (χ3v) is 14.2. The number of nitrogens with one attached hydrogen (secondary N) is 1. The van der Waals surface area contributed by atoms with E-state index >= 15 is 0 Å². The van der Waals surface area contributed by atoms with Crippen molar-refractivity contribution in [1.29, 1.82) is 0 Å². The van der Waals surface area contributed by atoms with Gasteiger partial charge in [-0.3, -0.25) is 0 Å². The van der Waals surface area contributed by atoms with Crippen LogP contribution in [-0.4, -0.2) is 30.5 Å². The summed E-state index contributed by atoms with van der Waals surface area (Å²) in [7, 11) is 0. The molecular formula is C34H57NO3. The Balaban J connectivity index is 1.46. The van der Waals surface area contributed by atoms with Crippen LogP contribution in [0.4, 0.5) is 4.79 Å². The topological polar surface area (TPSA) is 58.6 Å². The molecule has 4 heteroatoms. The SMILES string of the molecule is C=C(C)[C@@H]1CC[C@]2(COC(=O)NCCC)CC[C@]3(C)[C@H](CC[C@@H]4[C@@]5(C)CC[C@H](O)C(C)(C)[C@@H]5CC[C@]43C)[C@@H]12. The fourth-order valence-electron chi connectivity index (χ4n) is 12.0. The first-order valence-electron chi connectivity index (χ1n) is 16.0. The molecule has 5 rings (SSSR count). The van der Waals surface area contributed by atoms with Gasteiger partial charge in [0.15, 0.2) is 0 Å². The number of fused-ring (bicyclic) bond motifs is 7. The molecule has 38 heavy (non-hydrogen) atoms. The van der Waals surface area contributed by atoms with E-state index < -0.39 is 0 Å². The van der Waals surface area contributed by atoms with E-state index in [-0.39, 0.29) is 23.0 Å². The summed E-state index contributed by atoms with van der Waals surface area (Å²) in [5, 5.41) is 13.9. The second-order valence-corrected chi connectivity index (χ2v) is 15.9. The van der Waals surface area contributed by atoms with Crippen LogP contribution >= 0.6 is 0 Å². The molecule has 0 saturated heterocycles. The van der Waals surface area contributed by atoms with Crippen LogP contribution in [0.15, 0.2) is 12.2 Å². The molecule has 5 fully saturated rings. The number of alkyl carbamates (subject to hydrolysis) is 1. The molecule has 0 heterocycles. The largest absolute Gasteiger partial charge is 0.449 e. The number of amides is 1. The van der Waals surface area contributed by atoms with Crippen molar-refractivity contribution in [1.82, 2.24) is 5.32 Å². The summed E-state index contributed by atoms with van der Waals surface area (Å²) in [6, 6.07) is 0. The molecule has 216 valence electrons. The minimum atomic E-state index is -0.240. The van der Waals surface area contributed by atoms with E-state index in [2.05, 4.69) is 60.4 Å². The summed E-state index contributed by atoms with van der Waals surface area (Å²) in [5.74, 6) is 3.08. The summed E-state index contributed by atoms with van der Waals surface area (Å²) in [6.45, 7) is 22.7. The number of allylic oxidation sites excluding steroid dienone is 1. The Bertz CT molecular complexity index is 944. The van der Waals surface area contributed by atoms with Crippen molar-refractivity contribution in [2.24, 2.45) is 56.7 Å². The normalized spacial score (nSPS) is 49.2. The number of carbonyl (C=O) groups is 1. The van der Waals surface area contributed by atoms with E-state index in [1.165, 1.54) is 56.9 Å². The quantitative estimate of drug-likeness (QED) is 0.355. The summed E-state index contributed by atoms with van der Waals surface area (Å²) < 4.78 is 5.98. The minimum Gasteiger partial charge on any atom is -0.449 e. The predicted molar refractivity (Wildman–Crippen MR) is 155 cm³/mol. The zero-order valence-corrected chi connectivity index (χ0v) is 25.6. The van der Waals surface area contributed by atoms with Crippen molar-refractivity contribution in [2.45, 2.75) is 125 Å². The van der Waals surface area contributed by atoms with Crippen LogP contribution in [0, 0.1) is 56.7 Å². The molecule has 0 aromatic carbocycles. The Morgan fingerprint density at radius 3 is 2.34 bits per heavy atom. The molecule has 2 N–H and O–H groups in total. The predicted octanol–water partition coefficient (Wildman–Crippen LogP) is 8.14. The lowest BCUT2D eigenvalue weighted by atomic mass is 9.32. The Morgan fingerprint density at radius 1 is 0.921 bits per heavy atom. The molecule has 0 aliphatic heterocycles. The van der Waals surface area contributed by atoms with Crippen LogP contribution in [0.25, 0.3) is 0 Å². The van der Waals surface area contributed by atoms with E-state index in [4.69, 9.17) is 4.74 Å². The highest BCUT2D eigenvalue weighted by Gasteiger charge is 2.70. The van der Waals surface area contributed by atoms with Crippen LogP contribution in [0.5, 0.6) is 0 Å². The van der Waals surface area contributed by atoms with Crippen molar-refractivity contribution >= 4 is 6.09 Å². The maximum atomic E-state index is 12.5. The third kappa shape index (κ3) is 3.88. The highest BCUT2D eigenvalue weighted by molar-refractivity contribution is 5.67. The number of hydrogen-bond acceptors (Lipinski definition) is 3. The molecule has 4 nitrogen and oxygen atoms in total. The van der Waals surface area contributed by atoms with Gasteiger partial charge in [-0.05, 0) is 129 Å². The molecule has 0 aromatic heterocycles. The lowest BCUT2D eigenvalue weighted by Gasteiger charge is -2.73. The first-order valence-corrected chi connectivity index (χ1v) is 16.0. The standard InChI is InChI=1S/C34H57NO3/c1-9-20-35-29(37)38-21-34-17-12-23(22(2)3)28(34)24-10-11-26-31(6)15-14-27(36)30(4,5)25(31)13-16-33(26,8)32(24,7)18-19-34/h23-28,36H,2,9-21H2,1,3-8H3,(H,35,37)/t23-,24+,25-,26+,27-,28+,31-,32+,33+,34+/m0/s1. The van der Waals surface area contributed by atoms with E-state index in [1.54, 1.807) is 0 Å². The average molecular weight is 528 g/mol. The van der Waals surface area contributed by atoms with E-state index in [1.807, 2.05) is 0 Å². The van der Waals surface area contributed by atoms with Gasteiger partial charge in [-0.15, -0.1) is 0 Å². The van der Waals surface area contributed by atoms with Crippen LogP contribution in [0.3, 0.4) is 0 Å². The van der Waals surface area contributed by atoms with Crippen LogP contribution in [-0.2, 0) is 4.74 Å². The van der Waals surface area contributed by atoms with Gasteiger partial charge in [0.05, 0.1) is 12.7 Å². The molecule has 5 aliphatic rings. The van der Waals surface area contributed by atoms with Crippen molar-refractivity contribution in [3.8, 4) is 0 Å². The fourth-order valence-corrected chi connectivity index (χ4v) is 12.0. The molecule has 10 atom stereocenters. The van der Waals surface area contributed by atoms with Crippen molar-refractivity contribution in [3.63, 3.8) is 0 Å². The van der Waals surface area contributed by atoms with Gasteiger partial charge < -0.3 is 15.2 Å². The summed E-state index contributed by atoms with van der Waals surface area (Å²) in [5.41, 5.74) is 2.34. The third-order valence-electron chi connectivity index (χ3n) is 14.2. The summed E-state index contributed by atoms with van der Waals surface area (Å²) in [4.78, 5) is 12.5. The Hall–Kier alpha value is -1.03. The van der Waals surface area contributed by atoms with Crippen LogP contribution < -0.4 is 5.32 Å². The molecule has 0 spiro atoms. The number of carbonyl (C=O) groups excluding carboxylic acids is 1. The Kier molecular flexibility index (Phi) is 7.14. The number of ether oxygens (including phenoxy) is 1. The van der Waals surface area contributed by atoms with E-state index in [9.17, 15) is 9.90 Å². The van der Waals surface area contributed by atoms with Crippen molar-refractivity contribution < 1.29 is 14.6 Å². The Labute approximate surface area is 233 Å². The van der Waals surface area contributed by atoms with E-state index in [0.717, 1.165) is 25.2 Å². The molecule has 5 aliphatic carbocycles. The van der Waals surface area contributed by atoms with Crippen LogP contribution in [0.2, 0.25) is 0 Å². The molecule has 0 bridgehead atoms. The summed E-state index contributed by atoms with van der Waals surface area (Å²) in [6.07, 6.45) is 12.5. The lowest BCUT2D eigenvalue weighted by Crippen LogP contribution is -2.66. The van der Waals surface area contributed by atoms with Crippen molar-refractivity contribution in [3.05, 3.63) is 12.2 Å². The van der Waals surface area contributed by atoms with Gasteiger partial charge in [-0.2, -0.15) is 0 Å². The smallest absolute Gasteiger partial charge is 0.407 e. The maximum Gasteiger partial charge on any atom is 0.407 e. The second kappa shape index (κ2) is 9.52. The van der Waals surface area contributed by atoms with Gasteiger partial charge >= 0.3 is 6.09 Å². The molecular weight excluding hydrogens is 470 g/mol. The average Bonchev–Trinajstić information content (AvgIpc) is 3.25. The first kappa shape index (κ1) is 28.5. The highest BCUT2D eigenvalue weighted by Crippen LogP contribution is 2.77. The van der Waals surface area contributed by atoms with Crippen LogP contribution in [0.1, 0.15) is 119 Å². The van der Waals surface area contributed by atoms with Gasteiger partial charge in [-0.1, -0.05) is 53.7 Å². The minimum absolute atomic E-state index is 0.00000991. The molecule has 5 saturated carbocycles. The zero-order chi connectivity index (χ0) is 27.7. The number of hydrogen-bond donors (Lipinski definition) is 2. The van der Waals surface area contributed by atoms with Crippen molar-refractivity contribution in [2.75, 3.05) is 13.2 Å². The van der Waals surface area contributed by atoms with Gasteiger partial charge in [0.2, 0.25) is 0 Å². The Morgan fingerprint density at radius 2 is 1.66 bits per heavy atom. The van der Waals surface area contributed by atoms with Gasteiger partial charge in [-0.25, -0.2) is 4.79 Å². The van der Waals surface area contributed by atoms with Gasteiger partial charge in [0.25, 0.3) is 0 Å². The fraction of sp³-hybridized carbons (Fsp3) is 0.912. The highest BCUT2D eigenvalue weighted by atomic mass is 16.5. The molecule has 0 radical (unpaired) electrons. The second-order valence-electron chi connectivity index (χ2n) is 15.9. The zero-order valence-electron chi connectivity index (χ0n) is 25.6. The molecule has 0 aromatic rings. The number of aliphatic hydroxyl groups excluding tert-OH is 1. The van der Waals surface area contributed by atoms with Gasteiger partial charge in [0.1, 0.15) is 0 Å². The first-order chi connectivity index (χ1) is 17.8. The lowest BCUT2D eigenvalue weighted by molar-refractivity contribution is -0.249. The molecule has 1 amide bonds. The summed E-state index contributed by atoms with van der Waals surface area (Å²) >= 11 is 0. The number of aliphatic hydroxyl groups is 1. The van der Waals surface area contributed by atoms with E-state index in [0.29, 0.717) is 53.1 Å². The monoisotopic (exact) mass is 527 g/mol. The maximum absolute atomic E-state index is 12.5.